The summed E-state index contributed by atoms with van der Waals surface area (Å²) < 4.78 is 0. The standard InChI is InChI=1S/C13H24O2/c1-2-3-4-5-6-7-8-9-10-11-12-13(14)15/h10-11H,2-9,12H2,1H3,(H,14,15). The molecule has 0 rings (SSSR count). The van der Waals surface area contributed by atoms with Gasteiger partial charge < -0.3 is 5.11 Å². The van der Waals surface area contributed by atoms with Crippen LogP contribution >= 0.6 is 0 Å². The van der Waals surface area contributed by atoms with E-state index in [9.17, 15) is 4.79 Å². The third-order valence-corrected chi connectivity index (χ3v) is 2.43. The first-order valence-electron chi connectivity index (χ1n) is 6.14. The van der Waals surface area contributed by atoms with Gasteiger partial charge in [-0.15, -0.1) is 0 Å². The first-order valence-corrected chi connectivity index (χ1v) is 6.14. The third kappa shape index (κ3) is 13.2. The predicted molar refractivity (Wildman–Crippen MR) is 64.0 cm³/mol. The van der Waals surface area contributed by atoms with Crippen molar-refractivity contribution in [3.63, 3.8) is 0 Å². The fourth-order valence-corrected chi connectivity index (χ4v) is 1.52. The molecule has 0 aromatic carbocycles. The van der Waals surface area contributed by atoms with Gasteiger partial charge in [-0.25, -0.2) is 0 Å². The fourth-order valence-electron chi connectivity index (χ4n) is 1.52. The van der Waals surface area contributed by atoms with Crippen LogP contribution in [-0.4, -0.2) is 11.1 Å². The van der Waals surface area contributed by atoms with Crippen molar-refractivity contribution in [1.82, 2.24) is 0 Å². The SMILES string of the molecule is CCCCCCCCCC=CCC(=O)O. The minimum absolute atomic E-state index is 0.163. The predicted octanol–water partition coefficient (Wildman–Crippen LogP) is 4.16. The van der Waals surface area contributed by atoms with Crippen molar-refractivity contribution in [1.29, 1.82) is 0 Å². The zero-order valence-corrected chi connectivity index (χ0v) is 9.87. The molecule has 0 amide bonds. The number of carboxylic acid groups (broad SMARTS) is 1. The molecule has 0 bridgehead atoms. The Balaban J connectivity index is 3.04. The lowest BCUT2D eigenvalue weighted by Crippen LogP contribution is -1.89. The summed E-state index contributed by atoms with van der Waals surface area (Å²) in [7, 11) is 0. The lowest BCUT2D eigenvalue weighted by molar-refractivity contribution is -0.136. The molecular formula is C13H24O2. The molecule has 0 aliphatic carbocycles. The minimum atomic E-state index is -0.745. The molecular weight excluding hydrogens is 188 g/mol. The van der Waals surface area contributed by atoms with Gasteiger partial charge in [-0.2, -0.15) is 0 Å². The molecule has 2 nitrogen and oxygen atoms in total. The Morgan fingerprint density at radius 1 is 1.00 bits per heavy atom. The highest BCUT2D eigenvalue weighted by atomic mass is 16.4. The molecule has 0 atom stereocenters. The summed E-state index contributed by atoms with van der Waals surface area (Å²) in [6, 6.07) is 0. The topological polar surface area (TPSA) is 37.3 Å². The van der Waals surface area contributed by atoms with Crippen LogP contribution in [0.5, 0.6) is 0 Å². The Kier molecular flexibility index (Phi) is 10.7. The minimum Gasteiger partial charge on any atom is -0.481 e. The van der Waals surface area contributed by atoms with Gasteiger partial charge in [0, 0.05) is 0 Å². The Morgan fingerprint density at radius 2 is 1.60 bits per heavy atom. The first kappa shape index (κ1) is 14.2. The zero-order chi connectivity index (χ0) is 11.4. The average Bonchev–Trinajstić information content (AvgIpc) is 2.20. The maximum Gasteiger partial charge on any atom is 0.307 e. The molecule has 0 radical (unpaired) electrons. The Labute approximate surface area is 93.4 Å². The van der Waals surface area contributed by atoms with Gasteiger partial charge in [-0.1, -0.05) is 57.6 Å². The van der Waals surface area contributed by atoms with Gasteiger partial charge in [-0.3, -0.25) is 4.79 Å². The van der Waals surface area contributed by atoms with Crippen molar-refractivity contribution in [2.45, 2.75) is 64.7 Å². The lowest BCUT2D eigenvalue weighted by Gasteiger charge is -1.98. The number of unbranched alkanes of at least 4 members (excludes halogenated alkanes) is 7. The van der Waals surface area contributed by atoms with Gasteiger partial charge in [0.15, 0.2) is 0 Å². The van der Waals surface area contributed by atoms with Crippen LogP contribution < -0.4 is 0 Å². The summed E-state index contributed by atoms with van der Waals surface area (Å²) in [6.45, 7) is 2.23. The highest BCUT2D eigenvalue weighted by molar-refractivity contribution is 5.68. The molecule has 0 spiro atoms. The highest BCUT2D eigenvalue weighted by Gasteiger charge is 1.90. The quantitative estimate of drug-likeness (QED) is 0.436. The first-order chi connectivity index (χ1) is 7.27. The summed E-state index contributed by atoms with van der Waals surface area (Å²) in [5.41, 5.74) is 0. The van der Waals surface area contributed by atoms with Crippen LogP contribution in [0.4, 0.5) is 0 Å². The maximum absolute atomic E-state index is 10.2. The number of aliphatic carboxylic acids is 1. The summed E-state index contributed by atoms with van der Waals surface area (Å²) >= 11 is 0. The molecule has 2 heteroatoms. The molecule has 0 saturated carbocycles. The Morgan fingerprint density at radius 3 is 2.20 bits per heavy atom. The van der Waals surface area contributed by atoms with Gasteiger partial charge in [0.2, 0.25) is 0 Å². The van der Waals surface area contributed by atoms with E-state index in [-0.39, 0.29) is 6.42 Å². The van der Waals surface area contributed by atoms with E-state index in [0.29, 0.717) is 0 Å². The van der Waals surface area contributed by atoms with Crippen LogP contribution in [0, 0.1) is 0 Å². The Hall–Kier alpha value is -0.790. The second-order valence-electron chi connectivity index (χ2n) is 3.98. The molecule has 0 unspecified atom stereocenters. The van der Waals surface area contributed by atoms with Crippen molar-refractivity contribution in [3.8, 4) is 0 Å². The van der Waals surface area contributed by atoms with E-state index in [4.69, 9.17) is 5.11 Å². The van der Waals surface area contributed by atoms with Crippen LogP contribution in [0.15, 0.2) is 12.2 Å². The van der Waals surface area contributed by atoms with Crippen molar-refractivity contribution in [3.05, 3.63) is 12.2 Å². The highest BCUT2D eigenvalue weighted by Crippen LogP contribution is 2.08. The van der Waals surface area contributed by atoms with Crippen LogP contribution in [0.2, 0.25) is 0 Å². The molecule has 0 heterocycles. The summed E-state index contributed by atoms with van der Waals surface area (Å²) in [5.74, 6) is -0.745. The van der Waals surface area contributed by atoms with E-state index in [1.54, 1.807) is 6.08 Å². The van der Waals surface area contributed by atoms with Gasteiger partial charge >= 0.3 is 5.97 Å². The van der Waals surface area contributed by atoms with Crippen LogP contribution in [0.25, 0.3) is 0 Å². The van der Waals surface area contributed by atoms with Crippen LogP contribution in [0.3, 0.4) is 0 Å². The van der Waals surface area contributed by atoms with E-state index < -0.39 is 5.97 Å². The monoisotopic (exact) mass is 212 g/mol. The van der Waals surface area contributed by atoms with E-state index >= 15 is 0 Å². The summed E-state index contributed by atoms with van der Waals surface area (Å²) in [6.07, 6.45) is 14.1. The van der Waals surface area contributed by atoms with Gasteiger partial charge in [-0.05, 0) is 12.8 Å². The molecule has 0 aliphatic heterocycles. The van der Waals surface area contributed by atoms with Crippen molar-refractivity contribution < 1.29 is 9.90 Å². The molecule has 0 saturated heterocycles. The van der Waals surface area contributed by atoms with E-state index in [2.05, 4.69) is 6.92 Å². The third-order valence-electron chi connectivity index (χ3n) is 2.43. The second kappa shape index (κ2) is 11.3. The van der Waals surface area contributed by atoms with Crippen molar-refractivity contribution >= 4 is 5.97 Å². The normalized spacial score (nSPS) is 11.0. The maximum atomic E-state index is 10.2. The van der Waals surface area contributed by atoms with Gasteiger partial charge in [0.1, 0.15) is 0 Å². The molecule has 0 fully saturated rings. The number of hydrogen-bond donors (Lipinski definition) is 1. The number of hydrogen-bond acceptors (Lipinski definition) is 1. The van der Waals surface area contributed by atoms with Crippen molar-refractivity contribution in [2.24, 2.45) is 0 Å². The fraction of sp³-hybridized carbons (Fsp3) is 0.769. The number of rotatable bonds is 10. The zero-order valence-electron chi connectivity index (χ0n) is 9.87. The number of allylic oxidation sites excluding steroid dienone is 1. The number of carboxylic acids is 1. The Bertz CT molecular complexity index is 173. The molecule has 0 aromatic heterocycles. The van der Waals surface area contributed by atoms with Gasteiger partial charge in [0.25, 0.3) is 0 Å². The van der Waals surface area contributed by atoms with Crippen LogP contribution in [0.1, 0.15) is 64.7 Å². The molecule has 0 aliphatic rings. The average molecular weight is 212 g/mol. The lowest BCUT2D eigenvalue weighted by atomic mass is 10.1. The molecule has 1 N–H and O–H groups in total. The summed E-state index contributed by atoms with van der Waals surface area (Å²) in [4.78, 5) is 10.2. The van der Waals surface area contributed by atoms with Crippen LogP contribution in [-0.2, 0) is 4.79 Å². The second-order valence-corrected chi connectivity index (χ2v) is 3.98. The largest absolute Gasteiger partial charge is 0.481 e. The van der Waals surface area contributed by atoms with E-state index in [1.807, 2.05) is 6.08 Å². The number of carbonyl (C=O) groups is 1. The summed E-state index contributed by atoms with van der Waals surface area (Å²) in [5, 5.41) is 8.39. The molecule has 0 aromatic rings. The molecule has 88 valence electrons. The van der Waals surface area contributed by atoms with Gasteiger partial charge in [0.05, 0.1) is 6.42 Å². The smallest absolute Gasteiger partial charge is 0.307 e. The molecule has 15 heavy (non-hydrogen) atoms. The van der Waals surface area contributed by atoms with E-state index in [1.165, 1.54) is 44.9 Å². The van der Waals surface area contributed by atoms with Crippen molar-refractivity contribution in [2.75, 3.05) is 0 Å². The van der Waals surface area contributed by atoms with E-state index in [0.717, 1.165) is 6.42 Å².